The number of benzene rings is 1. The van der Waals surface area contributed by atoms with E-state index in [9.17, 15) is 0 Å². The first-order valence-electron chi connectivity index (χ1n) is 5.98. The molecule has 4 nitrogen and oxygen atoms in total. The first kappa shape index (κ1) is 10.8. The Bertz CT molecular complexity index is 626. The zero-order valence-corrected chi connectivity index (χ0v) is 9.93. The molecule has 0 spiro atoms. The number of fused-ring (bicyclic) bond motifs is 1. The molecular formula is C14H14N4. The Morgan fingerprint density at radius 2 is 2.11 bits per heavy atom. The quantitative estimate of drug-likeness (QED) is 0.734. The summed E-state index contributed by atoms with van der Waals surface area (Å²) in [6.45, 7) is 0.837. The molecule has 1 aromatic carbocycles. The molecule has 0 atom stereocenters. The summed E-state index contributed by atoms with van der Waals surface area (Å²) in [6, 6.07) is 10.3. The van der Waals surface area contributed by atoms with Crippen molar-refractivity contribution in [3.05, 3.63) is 54.7 Å². The second-order valence-electron chi connectivity index (χ2n) is 4.13. The van der Waals surface area contributed by atoms with E-state index in [1.165, 1.54) is 5.39 Å². The highest BCUT2D eigenvalue weighted by Crippen LogP contribution is 2.20. The minimum atomic E-state index is 0.837. The summed E-state index contributed by atoms with van der Waals surface area (Å²) in [5.74, 6) is 0.938. The van der Waals surface area contributed by atoms with Gasteiger partial charge in [0.1, 0.15) is 5.82 Å². The van der Waals surface area contributed by atoms with Gasteiger partial charge in [-0.2, -0.15) is 0 Å². The highest BCUT2D eigenvalue weighted by Gasteiger charge is 2.01. The molecule has 3 aromatic rings. The summed E-state index contributed by atoms with van der Waals surface area (Å²) in [7, 11) is 0. The van der Waals surface area contributed by atoms with Crippen molar-refractivity contribution in [1.29, 1.82) is 0 Å². The van der Waals surface area contributed by atoms with Gasteiger partial charge in [0.2, 0.25) is 0 Å². The molecule has 0 aliphatic rings. The van der Waals surface area contributed by atoms with Gasteiger partial charge in [-0.1, -0.05) is 24.3 Å². The topological polar surface area (TPSA) is 53.6 Å². The number of imidazole rings is 1. The van der Waals surface area contributed by atoms with Gasteiger partial charge in [-0.15, -0.1) is 0 Å². The van der Waals surface area contributed by atoms with E-state index >= 15 is 0 Å². The van der Waals surface area contributed by atoms with Crippen LogP contribution in [-0.4, -0.2) is 21.5 Å². The fraction of sp³-hybridized carbons (Fsp3) is 0.143. The molecule has 0 saturated carbocycles. The fourth-order valence-corrected chi connectivity index (χ4v) is 2.00. The number of nitrogens with one attached hydrogen (secondary N) is 2. The van der Waals surface area contributed by atoms with Gasteiger partial charge in [0.15, 0.2) is 0 Å². The van der Waals surface area contributed by atoms with Crippen LogP contribution in [-0.2, 0) is 6.42 Å². The predicted molar refractivity (Wildman–Crippen MR) is 72.5 cm³/mol. The summed E-state index contributed by atoms with van der Waals surface area (Å²) < 4.78 is 0. The van der Waals surface area contributed by atoms with E-state index in [2.05, 4.69) is 32.4 Å². The number of rotatable bonds is 4. The van der Waals surface area contributed by atoms with Crippen molar-refractivity contribution in [3.8, 4) is 0 Å². The second-order valence-corrected chi connectivity index (χ2v) is 4.13. The Morgan fingerprint density at radius 1 is 1.17 bits per heavy atom. The molecule has 4 heteroatoms. The highest BCUT2D eigenvalue weighted by atomic mass is 15.0. The van der Waals surface area contributed by atoms with E-state index in [4.69, 9.17) is 0 Å². The molecule has 0 aliphatic heterocycles. The maximum atomic E-state index is 4.39. The van der Waals surface area contributed by atoms with E-state index in [1.54, 1.807) is 6.33 Å². The van der Waals surface area contributed by atoms with Gasteiger partial charge in [-0.05, 0) is 11.5 Å². The first-order valence-corrected chi connectivity index (χ1v) is 5.98. The molecule has 0 saturated heterocycles. The zero-order valence-electron chi connectivity index (χ0n) is 9.93. The van der Waals surface area contributed by atoms with Gasteiger partial charge in [-0.3, -0.25) is 0 Å². The Hall–Kier alpha value is -2.36. The molecule has 0 radical (unpaired) electrons. The highest BCUT2D eigenvalue weighted by molar-refractivity contribution is 5.91. The predicted octanol–water partition coefficient (Wildman–Crippen LogP) is 2.61. The molecule has 2 heterocycles. The minimum Gasteiger partial charge on any atom is -0.369 e. The fourth-order valence-electron chi connectivity index (χ4n) is 2.00. The molecule has 0 bridgehead atoms. The third kappa shape index (κ3) is 2.18. The van der Waals surface area contributed by atoms with Crippen LogP contribution in [0.2, 0.25) is 0 Å². The summed E-state index contributed by atoms with van der Waals surface area (Å²) in [6.07, 6.45) is 6.29. The lowest BCUT2D eigenvalue weighted by molar-refractivity contribution is 0.970. The summed E-state index contributed by atoms with van der Waals surface area (Å²) in [5, 5.41) is 5.73. The summed E-state index contributed by atoms with van der Waals surface area (Å²) in [5.41, 5.74) is 1.13. The van der Waals surface area contributed by atoms with Gasteiger partial charge in [0, 0.05) is 36.4 Å². The van der Waals surface area contributed by atoms with E-state index < -0.39 is 0 Å². The largest absolute Gasteiger partial charge is 0.369 e. The van der Waals surface area contributed by atoms with Crippen LogP contribution in [0.4, 0.5) is 5.82 Å². The molecule has 0 fully saturated rings. The maximum absolute atomic E-state index is 4.39. The SMILES string of the molecule is c1ccc2c(NCCc3cnc[nH]3)nccc2c1. The van der Waals surface area contributed by atoms with Crippen molar-refractivity contribution in [2.45, 2.75) is 6.42 Å². The van der Waals surface area contributed by atoms with Gasteiger partial charge < -0.3 is 10.3 Å². The van der Waals surface area contributed by atoms with Crippen LogP contribution in [0.5, 0.6) is 0 Å². The molecule has 3 rings (SSSR count). The Kier molecular flexibility index (Phi) is 2.92. The third-order valence-electron chi connectivity index (χ3n) is 2.92. The van der Waals surface area contributed by atoms with Gasteiger partial charge in [-0.25, -0.2) is 9.97 Å². The van der Waals surface area contributed by atoms with Crippen LogP contribution >= 0.6 is 0 Å². The molecule has 0 aliphatic carbocycles. The van der Waals surface area contributed by atoms with Crippen molar-refractivity contribution in [2.24, 2.45) is 0 Å². The minimum absolute atomic E-state index is 0.837. The smallest absolute Gasteiger partial charge is 0.133 e. The number of aromatic amines is 1. The van der Waals surface area contributed by atoms with E-state index in [0.29, 0.717) is 0 Å². The normalized spacial score (nSPS) is 10.7. The number of hydrogen-bond acceptors (Lipinski definition) is 3. The number of anilines is 1. The molecule has 18 heavy (non-hydrogen) atoms. The molecule has 0 unspecified atom stereocenters. The number of hydrogen-bond donors (Lipinski definition) is 2. The number of H-pyrrole nitrogens is 1. The number of nitrogens with zero attached hydrogens (tertiary/aromatic N) is 2. The van der Waals surface area contributed by atoms with Crippen molar-refractivity contribution in [1.82, 2.24) is 15.0 Å². The van der Waals surface area contributed by atoms with Crippen LogP contribution in [0, 0.1) is 0 Å². The van der Waals surface area contributed by atoms with E-state index in [1.807, 2.05) is 30.6 Å². The monoisotopic (exact) mass is 238 g/mol. The first-order chi connectivity index (χ1) is 8.93. The lowest BCUT2D eigenvalue weighted by atomic mass is 10.1. The van der Waals surface area contributed by atoms with Gasteiger partial charge in [0.25, 0.3) is 0 Å². The van der Waals surface area contributed by atoms with Crippen LogP contribution in [0.3, 0.4) is 0 Å². The maximum Gasteiger partial charge on any atom is 0.133 e. The molecule has 2 aromatic heterocycles. The van der Waals surface area contributed by atoms with Crippen LogP contribution in [0.1, 0.15) is 5.69 Å². The van der Waals surface area contributed by atoms with Gasteiger partial charge in [0.05, 0.1) is 6.33 Å². The van der Waals surface area contributed by atoms with Crippen LogP contribution < -0.4 is 5.32 Å². The van der Waals surface area contributed by atoms with Crippen molar-refractivity contribution < 1.29 is 0 Å². The number of pyridine rings is 1. The van der Waals surface area contributed by atoms with Gasteiger partial charge >= 0.3 is 0 Å². The van der Waals surface area contributed by atoms with Crippen LogP contribution in [0.15, 0.2) is 49.1 Å². The lowest BCUT2D eigenvalue weighted by Gasteiger charge is -2.07. The standard InChI is InChI=1S/C14H14N4/c1-2-4-13-11(3-1)5-7-16-14(13)17-8-6-12-9-15-10-18-12/h1-5,7,9-10H,6,8H2,(H,15,18)(H,16,17). The van der Waals surface area contributed by atoms with Crippen molar-refractivity contribution in [3.63, 3.8) is 0 Å². The van der Waals surface area contributed by atoms with Crippen molar-refractivity contribution in [2.75, 3.05) is 11.9 Å². The third-order valence-corrected chi connectivity index (χ3v) is 2.92. The Labute approximate surface area is 105 Å². The number of aromatic nitrogens is 3. The average molecular weight is 238 g/mol. The average Bonchev–Trinajstić information content (AvgIpc) is 2.92. The lowest BCUT2D eigenvalue weighted by Crippen LogP contribution is -2.06. The van der Waals surface area contributed by atoms with Crippen LogP contribution in [0.25, 0.3) is 10.8 Å². The molecule has 2 N–H and O–H groups in total. The summed E-state index contributed by atoms with van der Waals surface area (Å²) in [4.78, 5) is 11.5. The zero-order chi connectivity index (χ0) is 12.2. The van der Waals surface area contributed by atoms with E-state index in [-0.39, 0.29) is 0 Å². The second kappa shape index (κ2) is 4.87. The van der Waals surface area contributed by atoms with Crippen molar-refractivity contribution >= 4 is 16.6 Å². The Morgan fingerprint density at radius 3 is 3.00 bits per heavy atom. The Balaban J connectivity index is 1.74. The molecular weight excluding hydrogens is 224 g/mol. The summed E-state index contributed by atoms with van der Waals surface area (Å²) >= 11 is 0. The van der Waals surface area contributed by atoms with E-state index in [0.717, 1.165) is 29.9 Å². The molecule has 0 amide bonds. The molecule has 90 valence electrons.